The first-order chi connectivity index (χ1) is 11.5. The molecule has 1 aliphatic rings. The van der Waals surface area contributed by atoms with Crippen LogP contribution in [0.1, 0.15) is 38.7 Å². The molecule has 24 heavy (non-hydrogen) atoms. The maximum absolute atomic E-state index is 13.1. The van der Waals surface area contributed by atoms with E-state index in [2.05, 4.69) is 0 Å². The number of β-amino-alcohol motifs (C(OH)–C–C–N with tert-alkyl or cyclic N) is 1. The summed E-state index contributed by atoms with van der Waals surface area (Å²) in [4.78, 5) is 25.6. The van der Waals surface area contributed by atoms with Crippen molar-refractivity contribution in [2.75, 3.05) is 6.54 Å². The van der Waals surface area contributed by atoms with Gasteiger partial charge in [-0.05, 0) is 42.3 Å². The molecule has 0 unspecified atom stereocenters. The second kappa shape index (κ2) is 6.41. The molecule has 1 heterocycles. The van der Waals surface area contributed by atoms with Gasteiger partial charge in [-0.2, -0.15) is 0 Å². The van der Waals surface area contributed by atoms with Gasteiger partial charge in [0, 0.05) is 17.7 Å². The summed E-state index contributed by atoms with van der Waals surface area (Å²) >= 11 is 0. The predicted octanol–water partition coefficient (Wildman–Crippen LogP) is 1.87. The number of aliphatic hydroxyl groups excluding tert-OH is 1. The average molecular weight is 328 g/mol. The van der Waals surface area contributed by atoms with E-state index in [1.165, 1.54) is 29.2 Å². The van der Waals surface area contributed by atoms with Gasteiger partial charge in [-0.3, -0.25) is 9.59 Å². The Hall–Kier alpha value is -2.73. The second-order valence-electron chi connectivity index (χ2n) is 5.86. The Morgan fingerprint density at radius 2 is 1.79 bits per heavy atom. The fourth-order valence-electron chi connectivity index (χ4n) is 3.01. The van der Waals surface area contributed by atoms with E-state index in [4.69, 9.17) is 5.73 Å². The minimum absolute atomic E-state index is 0.182. The first kappa shape index (κ1) is 16.1. The summed E-state index contributed by atoms with van der Waals surface area (Å²) < 4.78 is 13.1. The molecule has 1 aliphatic heterocycles. The first-order valence-corrected chi connectivity index (χ1v) is 7.60. The molecule has 0 aliphatic carbocycles. The molecule has 124 valence electrons. The summed E-state index contributed by atoms with van der Waals surface area (Å²) in [5.41, 5.74) is 6.58. The average Bonchev–Trinajstić information content (AvgIpc) is 2.96. The number of carbonyl (C=O) groups is 2. The third-order valence-electron chi connectivity index (χ3n) is 4.19. The molecular formula is C18H17FN2O3. The van der Waals surface area contributed by atoms with E-state index in [9.17, 15) is 19.1 Å². The van der Waals surface area contributed by atoms with Crippen molar-refractivity contribution in [2.24, 2.45) is 5.73 Å². The Kier molecular flexibility index (Phi) is 4.31. The molecule has 0 spiro atoms. The number of likely N-dealkylation sites (tertiary alicyclic amines) is 1. The smallest absolute Gasteiger partial charge is 0.254 e. The molecule has 2 aromatic carbocycles. The molecule has 2 amide bonds. The number of hydrogen-bond donors (Lipinski definition) is 2. The molecular weight excluding hydrogens is 311 g/mol. The molecule has 2 atom stereocenters. The van der Waals surface area contributed by atoms with E-state index >= 15 is 0 Å². The maximum atomic E-state index is 13.1. The van der Waals surface area contributed by atoms with E-state index in [1.54, 1.807) is 24.3 Å². The van der Waals surface area contributed by atoms with Crippen LogP contribution in [0.15, 0.2) is 48.5 Å². The third kappa shape index (κ3) is 3.14. The third-order valence-corrected chi connectivity index (χ3v) is 4.19. The van der Waals surface area contributed by atoms with Gasteiger partial charge in [-0.15, -0.1) is 0 Å². The zero-order chi connectivity index (χ0) is 17.3. The minimum atomic E-state index is -0.650. The Labute approximate surface area is 138 Å². The number of amides is 2. The lowest BCUT2D eigenvalue weighted by atomic mass is 10.0. The van der Waals surface area contributed by atoms with Crippen LogP contribution in [0, 0.1) is 5.82 Å². The Bertz CT molecular complexity index is 776. The SMILES string of the molecule is NC(=O)c1cccc(C(=O)N2C[C@@H](O)C[C@@H]2c2ccc(F)cc2)c1. The number of benzene rings is 2. The molecule has 1 fully saturated rings. The molecule has 2 aromatic rings. The van der Waals surface area contributed by atoms with E-state index in [-0.39, 0.29) is 29.9 Å². The largest absolute Gasteiger partial charge is 0.391 e. The van der Waals surface area contributed by atoms with Gasteiger partial charge in [0.05, 0.1) is 12.1 Å². The number of halogens is 1. The topological polar surface area (TPSA) is 83.6 Å². The van der Waals surface area contributed by atoms with Crippen molar-refractivity contribution in [3.63, 3.8) is 0 Å². The number of aliphatic hydroxyl groups is 1. The summed E-state index contributed by atoms with van der Waals surface area (Å²) in [6, 6.07) is 11.7. The molecule has 3 N–H and O–H groups in total. The lowest BCUT2D eigenvalue weighted by molar-refractivity contribution is 0.0716. The van der Waals surface area contributed by atoms with Crippen LogP contribution in [0.25, 0.3) is 0 Å². The predicted molar refractivity (Wildman–Crippen MR) is 85.8 cm³/mol. The van der Waals surface area contributed by atoms with Crippen LogP contribution < -0.4 is 5.73 Å². The fourth-order valence-corrected chi connectivity index (χ4v) is 3.01. The van der Waals surface area contributed by atoms with Gasteiger partial charge >= 0.3 is 0 Å². The van der Waals surface area contributed by atoms with Crippen molar-refractivity contribution in [3.8, 4) is 0 Å². The monoisotopic (exact) mass is 328 g/mol. The summed E-state index contributed by atoms with van der Waals surface area (Å²) in [5, 5.41) is 9.98. The second-order valence-corrected chi connectivity index (χ2v) is 5.86. The lowest BCUT2D eigenvalue weighted by Gasteiger charge is -2.25. The van der Waals surface area contributed by atoms with E-state index in [1.807, 2.05) is 0 Å². The Morgan fingerprint density at radius 1 is 1.12 bits per heavy atom. The van der Waals surface area contributed by atoms with E-state index < -0.39 is 12.0 Å². The van der Waals surface area contributed by atoms with Gasteiger partial charge in [-0.1, -0.05) is 18.2 Å². The van der Waals surface area contributed by atoms with Gasteiger partial charge in [0.25, 0.3) is 5.91 Å². The van der Waals surface area contributed by atoms with Crippen LogP contribution in [-0.2, 0) is 0 Å². The van der Waals surface area contributed by atoms with Crippen LogP contribution in [-0.4, -0.2) is 34.5 Å². The highest BCUT2D eigenvalue weighted by Crippen LogP contribution is 2.33. The normalized spacial score (nSPS) is 20.2. The molecule has 0 aromatic heterocycles. The molecule has 5 nitrogen and oxygen atoms in total. The first-order valence-electron chi connectivity index (χ1n) is 7.60. The van der Waals surface area contributed by atoms with Crippen LogP contribution in [0.2, 0.25) is 0 Å². The quantitative estimate of drug-likeness (QED) is 0.902. The van der Waals surface area contributed by atoms with Gasteiger partial charge in [0.15, 0.2) is 0 Å². The highest BCUT2D eigenvalue weighted by Gasteiger charge is 2.35. The van der Waals surface area contributed by atoms with Crippen molar-refractivity contribution in [1.29, 1.82) is 0 Å². The highest BCUT2D eigenvalue weighted by atomic mass is 19.1. The summed E-state index contributed by atoms with van der Waals surface area (Å²) in [7, 11) is 0. The number of nitrogens with two attached hydrogens (primary N) is 1. The van der Waals surface area contributed by atoms with E-state index in [0.29, 0.717) is 12.0 Å². The van der Waals surface area contributed by atoms with Gasteiger partial charge < -0.3 is 15.7 Å². The Balaban J connectivity index is 1.91. The van der Waals surface area contributed by atoms with Crippen LogP contribution >= 0.6 is 0 Å². The number of rotatable bonds is 3. The van der Waals surface area contributed by atoms with Crippen LogP contribution in [0.3, 0.4) is 0 Å². The molecule has 6 heteroatoms. The minimum Gasteiger partial charge on any atom is -0.391 e. The fraction of sp³-hybridized carbons (Fsp3) is 0.222. The number of primary amides is 1. The van der Waals surface area contributed by atoms with Crippen molar-refractivity contribution in [1.82, 2.24) is 4.90 Å². The van der Waals surface area contributed by atoms with Gasteiger partial charge in [0.2, 0.25) is 5.91 Å². The number of hydrogen-bond acceptors (Lipinski definition) is 3. The maximum Gasteiger partial charge on any atom is 0.254 e. The highest BCUT2D eigenvalue weighted by molar-refractivity contribution is 5.99. The van der Waals surface area contributed by atoms with Crippen LogP contribution in [0.4, 0.5) is 4.39 Å². The van der Waals surface area contributed by atoms with Crippen molar-refractivity contribution in [3.05, 3.63) is 71.0 Å². The van der Waals surface area contributed by atoms with Crippen molar-refractivity contribution in [2.45, 2.75) is 18.6 Å². The summed E-state index contributed by atoms with van der Waals surface area (Å²) in [5.74, 6) is -1.27. The zero-order valence-electron chi connectivity index (χ0n) is 12.9. The van der Waals surface area contributed by atoms with Gasteiger partial charge in [-0.25, -0.2) is 4.39 Å². The zero-order valence-corrected chi connectivity index (χ0v) is 12.9. The number of carbonyl (C=O) groups excluding carboxylic acids is 2. The van der Waals surface area contributed by atoms with Crippen molar-refractivity contribution < 1.29 is 19.1 Å². The molecule has 1 saturated heterocycles. The standard InChI is InChI=1S/C18H17FN2O3/c19-14-6-4-11(5-7-14)16-9-15(22)10-21(16)18(24)13-3-1-2-12(8-13)17(20)23/h1-8,15-16,22H,9-10H2,(H2,20,23)/t15-,16+/m0/s1. The summed E-state index contributed by atoms with van der Waals surface area (Å²) in [6.45, 7) is 0.182. The Morgan fingerprint density at radius 3 is 2.46 bits per heavy atom. The number of nitrogens with zero attached hydrogens (tertiary/aromatic N) is 1. The molecule has 0 radical (unpaired) electrons. The molecule has 3 rings (SSSR count). The van der Waals surface area contributed by atoms with E-state index in [0.717, 1.165) is 5.56 Å². The van der Waals surface area contributed by atoms with Gasteiger partial charge in [0.1, 0.15) is 5.82 Å². The molecule has 0 saturated carbocycles. The van der Waals surface area contributed by atoms with Crippen molar-refractivity contribution >= 4 is 11.8 Å². The summed E-state index contributed by atoms with van der Waals surface area (Å²) in [6.07, 6.45) is -0.268. The molecule has 0 bridgehead atoms. The van der Waals surface area contributed by atoms with Crippen LogP contribution in [0.5, 0.6) is 0 Å². The lowest BCUT2D eigenvalue weighted by Crippen LogP contribution is -2.32.